The van der Waals surface area contributed by atoms with Gasteiger partial charge in [0.1, 0.15) is 0 Å². The molecule has 0 spiro atoms. The first-order valence-corrected chi connectivity index (χ1v) is 11.5. The molecule has 8 heteroatoms. The van der Waals surface area contributed by atoms with Crippen LogP contribution in [-0.4, -0.2) is 29.0 Å². The maximum absolute atomic E-state index is 13.3. The molecule has 1 saturated heterocycles. The molecule has 178 valence electrons. The lowest BCUT2D eigenvalue weighted by Crippen LogP contribution is -2.29. The number of fused-ring (bicyclic) bond motifs is 1. The number of piperidine rings is 1. The number of halogens is 3. The van der Waals surface area contributed by atoms with Gasteiger partial charge in [-0.1, -0.05) is 36.4 Å². The second kappa shape index (κ2) is 9.37. The lowest BCUT2D eigenvalue weighted by molar-refractivity contribution is -0.137. The molecule has 5 nitrogen and oxygen atoms in total. The van der Waals surface area contributed by atoms with Crippen LogP contribution >= 0.6 is 0 Å². The Morgan fingerprint density at radius 3 is 2.37 bits per heavy atom. The van der Waals surface area contributed by atoms with E-state index in [0.717, 1.165) is 41.1 Å². The zero-order valence-electron chi connectivity index (χ0n) is 18.9. The number of rotatable bonds is 4. The molecule has 1 fully saturated rings. The molecule has 0 atom stereocenters. The van der Waals surface area contributed by atoms with E-state index in [1.165, 1.54) is 37.6 Å². The van der Waals surface area contributed by atoms with E-state index < -0.39 is 17.3 Å². The smallest absolute Gasteiger partial charge is 0.372 e. The van der Waals surface area contributed by atoms with E-state index in [1.807, 2.05) is 24.3 Å². The molecule has 0 bridgehead atoms. The third kappa shape index (κ3) is 4.82. The fourth-order valence-corrected chi connectivity index (χ4v) is 4.30. The van der Waals surface area contributed by atoms with Crippen molar-refractivity contribution in [2.45, 2.75) is 25.4 Å². The highest BCUT2D eigenvalue weighted by molar-refractivity contribution is 5.82. The van der Waals surface area contributed by atoms with Gasteiger partial charge in [0.15, 0.2) is 5.82 Å². The summed E-state index contributed by atoms with van der Waals surface area (Å²) in [5.41, 5.74) is 1.17. The predicted octanol–water partition coefficient (Wildman–Crippen LogP) is 5.95. The minimum absolute atomic E-state index is 0.0426. The van der Waals surface area contributed by atoms with E-state index in [-0.39, 0.29) is 11.4 Å². The number of nitrogens with zero attached hydrogens (tertiary/aromatic N) is 4. The highest BCUT2D eigenvalue weighted by Gasteiger charge is 2.31. The Morgan fingerprint density at radius 2 is 1.63 bits per heavy atom. The molecular weight excluding hydrogens is 453 g/mol. The fourth-order valence-electron chi connectivity index (χ4n) is 4.30. The zero-order chi connectivity index (χ0) is 24.4. The number of benzene rings is 3. The van der Waals surface area contributed by atoms with E-state index in [1.54, 1.807) is 24.3 Å². The summed E-state index contributed by atoms with van der Waals surface area (Å²) in [6.45, 7) is 2.07. The first-order valence-electron chi connectivity index (χ1n) is 11.5. The largest absolute Gasteiger partial charge is 0.416 e. The molecule has 0 aliphatic carbocycles. The van der Waals surface area contributed by atoms with Gasteiger partial charge in [0, 0.05) is 24.3 Å². The summed E-state index contributed by atoms with van der Waals surface area (Å²) >= 11 is 0. The van der Waals surface area contributed by atoms with Gasteiger partial charge in [-0.3, -0.25) is 4.79 Å². The van der Waals surface area contributed by atoms with Crippen LogP contribution in [0.25, 0.3) is 22.3 Å². The van der Waals surface area contributed by atoms with Crippen molar-refractivity contribution in [2.75, 3.05) is 18.0 Å². The average molecular weight is 477 g/mol. The first kappa shape index (κ1) is 22.8. The van der Waals surface area contributed by atoms with Crippen LogP contribution in [0.1, 0.15) is 30.4 Å². The molecule has 2 heterocycles. The molecule has 1 aliphatic heterocycles. The fraction of sp³-hybridized carbons (Fsp3) is 0.222. The zero-order valence-corrected chi connectivity index (χ0v) is 18.9. The Balaban J connectivity index is 1.56. The number of anilines is 1. The van der Waals surface area contributed by atoms with Gasteiger partial charge in [0.25, 0.3) is 5.56 Å². The number of hydrogen-bond acceptors (Lipinski definition) is 4. The van der Waals surface area contributed by atoms with Crippen LogP contribution in [0.4, 0.5) is 18.9 Å². The van der Waals surface area contributed by atoms with Crippen LogP contribution in [-0.2, 0) is 6.18 Å². The van der Waals surface area contributed by atoms with E-state index >= 15 is 0 Å². The van der Waals surface area contributed by atoms with Crippen molar-refractivity contribution in [1.82, 2.24) is 9.66 Å². The third-order valence-corrected chi connectivity index (χ3v) is 6.14. The van der Waals surface area contributed by atoms with Crippen molar-refractivity contribution < 1.29 is 13.2 Å². The molecular formula is C27H23F3N4O. The van der Waals surface area contributed by atoms with Gasteiger partial charge in [-0.05, 0) is 61.2 Å². The molecule has 0 radical (unpaired) electrons. The minimum atomic E-state index is -4.52. The summed E-state index contributed by atoms with van der Waals surface area (Å²) in [6, 6.07) is 19.3. The lowest BCUT2D eigenvalue weighted by Gasteiger charge is -2.28. The quantitative estimate of drug-likeness (QED) is 0.342. The molecule has 0 unspecified atom stereocenters. The van der Waals surface area contributed by atoms with Gasteiger partial charge in [0.05, 0.1) is 22.7 Å². The summed E-state index contributed by atoms with van der Waals surface area (Å²) in [7, 11) is 0. The number of para-hydroxylation sites is 1. The Morgan fingerprint density at radius 1 is 0.886 bits per heavy atom. The minimum Gasteiger partial charge on any atom is -0.372 e. The summed E-state index contributed by atoms with van der Waals surface area (Å²) in [5, 5.41) is 4.69. The molecule has 1 aromatic heterocycles. The molecule has 0 amide bonds. The van der Waals surface area contributed by atoms with Crippen LogP contribution in [0, 0.1) is 0 Å². The summed E-state index contributed by atoms with van der Waals surface area (Å²) in [5.74, 6) is 0.0426. The topological polar surface area (TPSA) is 50.5 Å². The van der Waals surface area contributed by atoms with Crippen molar-refractivity contribution in [1.29, 1.82) is 0 Å². The molecule has 1 aliphatic rings. The molecule has 0 N–H and O–H groups in total. The molecule has 3 aromatic carbocycles. The maximum Gasteiger partial charge on any atom is 0.416 e. The van der Waals surface area contributed by atoms with E-state index in [0.29, 0.717) is 10.9 Å². The monoisotopic (exact) mass is 476 g/mol. The van der Waals surface area contributed by atoms with Crippen molar-refractivity contribution >= 4 is 22.8 Å². The van der Waals surface area contributed by atoms with Crippen LogP contribution in [0.2, 0.25) is 0 Å². The summed E-state index contributed by atoms with van der Waals surface area (Å²) < 4.78 is 41.1. The Labute approximate surface area is 200 Å². The van der Waals surface area contributed by atoms with Crippen LogP contribution < -0.4 is 10.5 Å². The van der Waals surface area contributed by atoms with Crippen molar-refractivity contribution in [3.8, 4) is 11.4 Å². The molecule has 0 saturated carbocycles. The highest BCUT2D eigenvalue weighted by atomic mass is 19.4. The SMILES string of the molecule is O=c1c2ccccc2nc(-c2cccc(C(F)(F)F)c2)n1N=Cc1ccc(N2CCCCC2)cc1. The summed E-state index contributed by atoms with van der Waals surface area (Å²) in [6.07, 6.45) is 0.620. The Kier molecular flexibility index (Phi) is 6.11. The van der Waals surface area contributed by atoms with Crippen molar-refractivity contribution in [3.63, 3.8) is 0 Å². The highest BCUT2D eigenvalue weighted by Crippen LogP contribution is 2.32. The van der Waals surface area contributed by atoms with Crippen LogP contribution in [0.15, 0.2) is 82.7 Å². The first-order chi connectivity index (χ1) is 16.9. The van der Waals surface area contributed by atoms with Gasteiger partial charge in [-0.2, -0.15) is 22.9 Å². The van der Waals surface area contributed by atoms with Gasteiger partial charge in [-0.25, -0.2) is 4.98 Å². The van der Waals surface area contributed by atoms with E-state index in [4.69, 9.17) is 0 Å². The normalized spacial score (nSPS) is 14.7. The second-order valence-corrected chi connectivity index (χ2v) is 8.53. The number of aromatic nitrogens is 2. The average Bonchev–Trinajstić information content (AvgIpc) is 2.88. The van der Waals surface area contributed by atoms with Crippen LogP contribution in [0.3, 0.4) is 0 Å². The second-order valence-electron chi connectivity index (χ2n) is 8.53. The third-order valence-electron chi connectivity index (χ3n) is 6.14. The number of alkyl halides is 3. The van der Waals surface area contributed by atoms with E-state index in [2.05, 4.69) is 15.0 Å². The van der Waals surface area contributed by atoms with Gasteiger partial charge in [-0.15, -0.1) is 0 Å². The standard InChI is InChI=1S/C27H23F3N4O/c28-27(29,30)21-8-6-7-20(17-21)25-32-24-10-3-2-9-23(24)26(35)34(25)31-18-19-11-13-22(14-12-19)33-15-4-1-5-16-33/h2-3,6-14,17-18H,1,4-5,15-16H2. The molecule has 5 rings (SSSR count). The van der Waals surface area contributed by atoms with E-state index in [9.17, 15) is 18.0 Å². The van der Waals surface area contributed by atoms with Gasteiger partial charge in [0.2, 0.25) is 0 Å². The Bertz CT molecular complexity index is 1440. The number of hydrogen-bond donors (Lipinski definition) is 0. The van der Waals surface area contributed by atoms with Gasteiger partial charge >= 0.3 is 6.18 Å². The van der Waals surface area contributed by atoms with Crippen molar-refractivity contribution in [2.24, 2.45) is 5.10 Å². The Hall–Kier alpha value is -3.94. The van der Waals surface area contributed by atoms with Crippen molar-refractivity contribution in [3.05, 3.63) is 94.3 Å². The molecule has 4 aromatic rings. The summed E-state index contributed by atoms with van der Waals surface area (Å²) in [4.78, 5) is 20.1. The van der Waals surface area contributed by atoms with Crippen LogP contribution in [0.5, 0.6) is 0 Å². The maximum atomic E-state index is 13.3. The predicted molar refractivity (Wildman–Crippen MR) is 132 cm³/mol. The molecule has 35 heavy (non-hydrogen) atoms. The lowest BCUT2D eigenvalue weighted by atomic mass is 10.1. The van der Waals surface area contributed by atoms with Gasteiger partial charge < -0.3 is 4.90 Å².